The Morgan fingerprint density at radius 2 is 1.60 bits per heavy atom. The molecule has 2 amide bonds. The second-order valence-electron chi connectivity index (χ2n) is 6.56. The van der Waals surface area contributed by atoms with E-state index in [9.17, 15) is 18.0 Å². The van der Waals surface area contributed by atoms with Crippen molar-refractivity contribution < 1.29 is 18.0 Å². The van der Waals surface area contributed by atoms with E-state index in [1.165, 1.54) is 7.05 Å². The van der Waals surface area contributed by atoms with Gasteiger partial charge >= 0.3 is 0 Å². The monoisotopic (exact) mass is 427 g/mol. The number of rotatable bonds is 6. The molecule has 0 atom stereocenters. The van der Waals surface area contributed by atoms with Gasteiger partial charge in [-0.3, -0.25) is 20.4 Å². The largest absolute Gasteiger partial charge is 0.273 e. The fourth-order valence-corrected chi connectivity index (χ4v) is 2.97. The molecule has 10 heteroatoms. The molecule has 0 aliphatic carbocycles. The molecule has 0 bridgehead atoms. The molecule has 0 aliphatic rings. The fourth-order valence-electron chi connectivity index (χ4n) is 2.62. The minimum absolute atomic E-state index is 0.252. The molecule has 3 aromatic rings. The number of sulfonamides is 1. The van der Waals surface area contributed by atoms with Gasteiger partial charge in [-0.05, 0) is 12.1 Å². The Morgan fingerprint density at radius 1 is 1.00 bits per heavy atom. The van der Waals surface area contributed by atoms with E-state index < -0.39 is 28.4 Å². The van der Waals surface area contributed by atoms with Gasteiger partial charge in [-0.2, -0.15) is 9.40 Å². The Hall–Kier alpha value is -3.50. The number of para-hydroxylation sites is 1. The summed E-state index contributed by atoms with van der Waals surface area (Å²) in [5.74, 6) is -1.25. The molecule has 0 unspecified atom stereocenters. The van der Waals surface area contributed by atoms with Gasteiger partial charge in [-0.1, -0.05) is 48.5 Å². The highest BCUT2D eigenvalue weighted by molar-refractivity contribution is 7.88. The summed E-state index contributed by atoms with van der Waals surface area (Å²) in [5, 5.41) is 4.54. The lowest BCUT2D eigenvalue weighted by atomic mass is 10.1. The Balaban J connectivity index is 1.82. The van der Waals surface area contributed by atoms with Crippen LogP contribution in [0.2, 0.25) is 0 Å². The van der Waals surface area contributed by atoms with E-state index >= 15 is 0 Å². The third-order valence-electron chi connectivity index (χ3n) is 4.27. The van der Waals surface area contributed by atoms with Crippen LogP contribution in [0.5, 0.6) is 0 Å². The highest BCUT2D eigenvalue weighted by Gasteiger charge is 2.20. The minimum Gasteiger partial charge on any atom is -0.272 e. The maximum Gasteiger partial charge on any atom is 0.273 e. The molecule has 0 saturated carbocycles. The van der Waals surface area contributed by atoms with E-state index in [4.69, 9.17) is 0 Å². The summed E-state index contributed by atoms with van der Waals surface area (Å²) in [5.41, 5.74) is 6.75. The van der Waals surface area contributed by atoms with Gasteiger partial charge in [0.15, 0.2) is 0 Å². The van der Waals surface area contributed by atoms with Crippen molar-refractivity contribution in [2.75, 3.05) is 19.8 Å². The Labute approximate surface area is 174 Å². The molecule has 0 spiro atoms. The van der Waals surface area contributed by atoms with Gasteiger partial charge in [-0.25, -0.2) is 13.1 Å². The molecular weight excluding hydrogens is 406 g/mol. The van der Waals surface area contributed by atoms with Crippen molar-refractivity contribution in [1.29, 1.82) is 0 Å². The molecule has 156 valence electrons. The summed E-state index contributed by atoms with van der Waals surface area (Å²) in [6, 6.07) is 18.5. The third kappa shape index (κ3) is 5.10. The average Bonchev–Trinajstić information content (AvgIpc) is 3.18. The molecule has 0 saturated heterocycles. The number of carbonyl (C=O) groups is 2. The summed E-state index contributed by atoms with van der Waals surface area (Å²) in [4.78, 5) is 24.7. The van der Waals surface area contributed by atoms with E-state index in [1.54, 1.807) is 10.9 Å². The van der Waals surface area contributed by atoms with Crippen LogP contribution >= 0.6 is 0 Å². The van der Waals surface area contributed by atoms with Gasteiger partial charge in [-0.15, -0.1) is 0 Å². The molecule has 0 aliphatic heterocycles. The molecule has 1 aromatic heterocycles. The zero-order valence-electron chi connectivity index (χ0n) is 16.4. The molecule has 30 heavy (non-hydrogen) atoms. The standard InChI is InChI=1S/C20H21N5O4S/c1-24(30(2,28)29)14-18(26)21-22-20(27)17-13-25(16-11-7-4-8-12-16)23-19(17)15-9-5-3-6-10-15/h3-13H,14H2,1-2H3,(H,21,26)(H,22,27). The number of hydrogen-bond donors (Lipinski definition) is 2. The van der Waals surface area contributed by atoms with E-state index in [2.05, 4.69) is 16.0 Å². The number of amides is 2. The number of benzene rings is 2. The minimum atomic E-state index is -3.51. The summed E-state index contributed by atoms with van der Waals surface area (Å²) in [6.07, 6.45) is 2.56. The maximum absolute atomic E-state index is 12.8. The lowest BCUT2D eigenvalue weighted by Crippen LogP contribution is -2.46. The number of nitrogens with one attached hydrogen (secondary N) is 2. The van der Waals surface area contributed by atoms with Crippen LogP contribution in [0.25, 0.3) is 16.9 Å². The molecule has 0 radical (unpaired) electrons. The van der Waals surface area contributed by atoms with Crippen LogP contribution in [0, 0.1) is 0 Å². The SMILES string of the molecule is CN(CC(=O)NNC(=O)c1cn(-c2ccccc2)nc1-c1ccccc1)S(C)(=O)=O. The molecule has 9 nitrogen and oxygen atoms in total. The first kappa shape index (κ1) is 21.2. The van der Waals surface area contributed by atoms with Crippen LogP contribution in [-0.4, -0.2) is 54.2 Å². The zero-order chi connectivity index (χ0) is 21.7. The Kier molecular flexibility index (Phi) is 6.28. The predicted molar refractivity (Wildman–Crippen MR) is 112 cm³/mol. The molecule has 3 rings (SSSR count). The maximum atomic E-state index is 12.8. The molecular formula is C20H21N5O4S. The molecule has 1 heterocycles. The number of nitrogens with zero attached hydrogens (tertiary/aromatic N) is 3. The van der Waals surface area contributed by atoms with E-state index in [-0.39, 0.29) is 5.56 Å². The van der Waals surface area contributed by atoms with Gasteiger partial charge in [0.25, 0.3) is 11.8 Å². The smallest absolute Gasteiger partial charge is 0.272 e. The number of carbonyl (C=O) groups excluding carboxylic acids is 2. The quantitative estimate of drug-likeness (QED) is 0.574. The second kappa shape index (κ2) is 8.89. The predicted octanol–water partition coefficient (Wildman–Crippen LogP) is 1.19. The van der Waals surface area contributed by atoms with Crippen molar-refractivity contribution in [3.63, 3.8) is 0 Å². The van der Waals surface area contributed by atoms with Gasteiger partial charge in [0.2, 0.25) is 10.0 Å². The van der Waals surface area contributed by atoms with E-state index in [0.29, 0.717) is 5.69 Å². The topological polar surface area (TPSA) is 113 Å². The first-order valence-electron chi connectivity index (χ1n) is 8.96. The number of aromatic nitrogens is 2. The highest BCUT2D eigenvalue weighted by atomic mass is 32.2. The lowest BCUT2D eigenvalue weighted by Gasteiger charge is -2.14. The third-order valence-corrected chi connectivity index (χ3v) is 5.54. The Bertz CT molecular complexity index is 1140. The van der Waals surface area contributed by atoms with Gasteiger partial charge in [0.05, 0.1) is 24.1 Å². The van der Waals surface area contributed by atoms with Crippen LogP contribution in [0.3, 0.4) is 0 Å². The van der Waals surface area contributed by atoms with E-state index in [0.717, 1.165) is 21.8 Å². The van der Waals surface area contributed by atoms with Crippen molar-refractivity contribution in [3.8, 4) is 16.9 Å². The van der Waals surface area contributed by atoms with Crippen LogP contribution in [-0.2, 0) is 14.8 Å². The summed E-state index contributed by atoms with van der Waals surface area (Å²) >= 11 is 0. The molecule has 0 fully saturated rings. The highest BCUT2D eigenvalue weighted by Crippen LogP contribution is 2.23. The zero-order valence-corrected chi connectivity index (χ0v) is 17.3. The van der Waals surface area contributed by atoms with Crippen LogP contribution < -0.4 is 10.9 Å². The lowest BCUT2D eigenvalue weighted by molar-refractivity contribution is -0.121. The van der Waals surface area contributed by atoms with Crippen molar-refractivity contribution in [2.24, 2.45) is 0 Å². The van der Waals surface area contributed by atoms with Crippen molar-refractivity contribution in [1.82, 2.24) is 24.9 Å². The van der Waals surface area contributed by atoms with Crippen LogP contribution in [0.4, 0.5) is 0 Å². The first-order valence-corrected chi connectivity index (χ1v) is 10.8. The van der Waals surface area contributed by atoms with Crippen molar-refractivity contribution >= 4 is 21.8 Å². The number of hydrazine groups is 1. The first-order chi connectivity index (χ1) is 14.3. The summed E-state index contributed by atoms with van der Waals surface area (Å²) in [7, 11) is -2.24. The van der Waals surface area contributed by atoms with Gasteiger partial charge < -0.3 is 0 Å². The molecule has 2 N–H and O–H groups in total. The summed E-state index contributed by atoms with van der Waals surface area (Å²) < 4.78 is 25.3. The summed E-state index contributed by atoms with van der Waals surface area (Å²) in [6.45, 7) is -0.423. The van der Waals surface area contributed by atoms with Crippen molar-refractivity contribution in [3.05, 3.63) is 72.4 Å². The number of likely N-dealkylation sites (N-methyl/N-ethyl adjacent to an activating group) is 1. The van der Waals surface area contributed by atoms with Crippen molar-refractivity contribution in [2.45, 2.75) is 0 Å². The average molecular weight is 427 g/mol. The Morgan fingerprint density at radius 3 is 2.20 bits per heavy atom. The second-order valence-corrected chi connectivity index (χ2v) is 8.65. The van der Waals surface area contributed by atoms with Gasteiger partial charge in [0, 0.05) is 18.8 Å². The van der Waals surface area contributed by atoms with Crippen LogP contribution in [0.15, 0.2) is 66.9 Å². The number of hydrogen-bond acceptors (Lipinski definition) is 5. The fraction of sp³-hybridized carbons (Fsp3) is 0.150. The van der Waals surface area contributed by atoms with E-state index in [1.807, 2.05) is 60.7 Å². The molecule has 2 aromatic carbocycles. The normalized spacial score (nSPS) is 11.3. The van der Waals surface area contributed by atoms with Gasteiger partial charge in [0.1, 0.15) is 5.69 Å². The van der Waals surface area contributed by atoms with Crippen LogP contribution in [0.1, 0.15) is 10.4 Å².